The molecule has 198 valence electrons. The van der Waals surface area contributed by atoms with E-state index in [0.29, 0.717) is 28.0 Å². The first-order chi connectivity index (χ1) is 17.4. The lowest BCUT2D eigenvalue weighted by Gasteiger charge is -2.20. The molecule has 0 saturated carbocycles. The highest BCUT2D eigenvalue weighted by atomic mass is 35.5. The molecular formula is C25H28Cl2N4O6. The smallest absolute Gasteiger partial charge is 0.373 e. The summed E-state index contributed by atoms with van der Waals surface area (Å²) in [5.74, 6) is 0. The van der Waals surface area contributed by atoms with E-state index in [-0.39, 0.29) is 18.3 Å². The Morgan fingerprint density at radius 3 is 1.57 bits per heavy atom. The maximum Gasteiger partial charge on any atom is 0.373 e. The van der Waals surface area contributed by atoms with Gasteiger partial charge < -0.3 is 20.8 Å². The normalized spacial score (nSPS) is 11.3. The highest BCUT2D eigenvalue weighted by molar-refractivity contribution is 6.34. The summed E-state index contributed by atoms with van der Waals surface area (Å²) >= 11 is 12.0. The van der Waals surface area contributed by atoms with Gasteiger partial charge in [-0.25, -0.2) is 9.69 Å². The molecule has 0 radical (unpaired) electrons. The molecule has 37 heavy (non-hydrogen) atoms. The molecule has 0 saturated heterocycles. The summed E-state index contributed by atoms with van der Waals surface area (Å²) in [6.07, 6.45) is -0.359. The van der Waals surface area contributed by atoms with Crippen LogP contribution in [-0.2, 0) is 19.2 Å². The quantitative estimate of drug-likeness (QED) is 0.359. The second-order valence-corrected chi connectivity index (χ2v) is 8.19. The third-order valence-corrected chi connectivity index (χ3v) is 5.62. The van der Waals surface area contributed by atoms with E-state index in [0.717, 1.165) is 22.5 Å². The van der Waals surface area contributed by atoms with Crippen LogP contribution in [0, 0.1) is 27.0 Å². The molecule has 0 aromatic heterocycles. The van der Waals surface area contributed by atoms with Crippen molar-refractivity contribution >= 4 is 58.3 Å². The van der Waals surface area contributed by atoms with E-state index in [1.54, 1.807) is 32.0 Å². The summed E-state index contributed by atoms with van der Waals surface area (Å²) in [5, 5.41) is 25.7. The van der Waals surface area contributed by atoms with Crippen molar-refractivity contribution in [3.05, 3.63) is 68.3 Å². The van der Waals surface area contributed by atoms with E-state index >= 15 is 0 Å². The molecule has 0 bridgehead atoms. The Bertz CT molecular complexity index is 1150. The number of rotatable bonds is 6. The predicted molar refractivity (Wildman–Crippen MR) is 140 cm³/mol. The Hall–Kier alpha value is -3.72. The third kappa shape index (κ3) is 13.2. The van der Waals surface area contributed by atoms with Gasteiger partial charge in [0.1, 0.15) is 0 Å². The van der Waals surface area contributed by atoms with Crippen LogP contribution < -0.4 is 10.6 Å². The van der Waals surface area contributed by atoms with Crippen LogP contribution >= 0.6 is 23.2 Å². The van der Waals surface area contributed by atoms with Gasteiger partial charge in [0.2, 0.25) is 11.4 Å². The molecule has 0 aliphatic rings. The van der Waals surface area contributed by atoms with E-state index in [9.17, 15) is 5.11 Å². The molecule has 10 nitrogen and oxygen atoms in total. The number of anilines is 2. The fraction of sp³-hybridized carbons (Fsp3) is 0.360. The van der Waals surface area contributed by atoms with Crippen LogP contribution in [0.15, 0.2) is 24.3 Å². The fourth-order valence-electron chi connectivity index (χ4n) is 2.49. The number of halogens is 2. The molecule has 0 amide bonds. The summed E-state index contributed by atoms with van der Waals surface area (Å²) in [6, 6.07) is 6.91. The Kier molecular flexibility index (Phi) is 18.6. The number of aliphatic hydroxyl groups excluding tert-OH is 2. The van der Waals surface area contributed by atoms with Crippen molar-refractivity contribution in [1.29, 1.82) is 0 Å². The molecule has 4 N–H and O–H groups in total. The Morgan fingerprint density at radius 1 is 0.838 bits per heavy atom. The zero-order valence-electron chi connectivity index (χ0n) is 20.9. The SMILES string of the molecule is O=C=O.O=C=O.[C-]#[N+]c1ccc(NC[C@@H](C)O)c(C)c1Cl.[C-]#[N+]c1ccc(N[C@@H](C)[C@@H](C)O)c(C)c1Cl. The zero-order chi connectivity index (χ0) is 29.1. The number of aliphatic hydroxyl groups is 2. The largest absolute Gasteiger partial charge is 0.392 e. The lowest BCUT2D eigenvalue weighted by molar-refractivity contribution is -0.193. The molecule has 0 aliphatic heterocycles. The first kappa shape index (κ1) is 35.4. The lowest BCUT2D eigenvalue weighted by Crippen LogP contribution is -2.28. The minimum atomic E-state index is -0.446. The molecule has 3 atom stereocenters. The molecule has 2 rings (SSSR count). The van der Waals surface area contributed by atoms with Gasteiger partial charge in [-0.1, -0.05) is 35.3 Å². The van der Waals surface area contributed by atoms with Gasteiger partial charge in [0.05, 0.1) is 35.4 Å². The average molecular weight is 551 g/mol. The highest BCUT2D eigenvalue weighted by Gasteiger charge is 2.12. The van der Waals surface area contributed by atoms with Crippen molar-refractivity contribution < 1.29 is 29.4 Å². The molecule has 0 heterocycles. The Labute approximate surface area is 225 Å². The standard InChI is InChI=1S/C12H15ClN2O.C11H13ClN2O.2CO2/c1-7-10(15-8(2)9(3)16)5-6-11(14-4)12(7)13;1-7(15)6-14-9-4-5-10(13-3)11(12)8(9)2;2*2-1-3/h5-6,8-9,15-16H,1-3H3;4-5,7,14-15H,6H2,1-2H3;;/t8-,9+;7-;;/m01../s1. The van der Waals surface area contributed by atoms with Gasteiger partial charge in [-0.05, 0) is 57.9 Å². The van der Waals surface area contributed by atoms with Crippen molar-refractivity contribution in [3.8, 4) is 0 Å². The summed E-state index contributed by atoms with van der Waals surface area (Å²) in [6.45, 7) is 23.3. The van der Waals surface area contributed by atoms with Crippen LogP contribution in [0.4, 0.5) is 22.7 Å². The van der Waals surface area contributed by atoms with E-state index in [4.69, 9.17) is 60.6 Å². The van der Waals surface area contributed by atoms with Gasteiger partial charge >= 0.3 is 12.3 Å². The number of hydrogen-bond acceptors (Lipinski definition) is 8. The van der Waals surface area contributed by atoms with Crippen LogP contribution in [0.25, 0.3) is 9.69 Å². The van der Waals surface area contributed by atoms with Gasteiger partial charge in [-0.15, -0.1) is 0 Å². The second-order valence-electron chi connectivity index (χ2n) is 7.44. The summed E-state index contributed by atoms with van der Waals surface area (Å²) in [4.78, 5) is 39.1. The van der Waals surface area contributed by atoms with Gasteiger partial charge in [0.15, 0.2) is 0 Å². The second kappa shape index (κ2) is 19.5. The molecule has 0 fully saturated rings. The van der Waals surface area contributed by atoms with Gasteiger partial charge in [0.25, 0.3) is 0 Å². The number of hydrogen-bond donors (Lipinski definition) is 4. The van der Waals surface area contributed by atoms with Crippen LogP contribution in [0.2, 0.25) is 10.0 Å². The van der Waals surface area contributed by atoms with Crippen LogP contribution in [0.3, 0.4) is 0 Å². The molecular weight excluding hydrogens is 523 g/mol. The molecule has 2 aromatic carbocycles. The Morgan fingerprint density at radius 2 is 1.22 bits per heavy atom. The number of nitrogens with one attached hydrogen (secondary N) is 2. The average Bonchev–Trinajstić information content (AvgIpc) is 2.84. The summed E-state index contributed by atoms with van der Waals surface area (Å²) < 4.78 is 0. The van der Waals surface area contributed by atoms with Crippen molar-refractivity contribution in [2.75, 3.05) is 17.2 Å². The predicted octanol–water partition coefficient (Wildman–Crippen LogP) is 5.21. The van der Waals surface area contributed by atoms with Crippen molar-refractivity contribution in [1.82, 2.24) is 0 Å². The minimum Gasteiger partial charge on any atom is -0.392 e. The number of nitrogens with zero attached hydrogens (tertiary/aromatic N) is 2. The maximum absolute atomic E-state index is 9.40. The van der Waals surface area contributed by atoms with Crippen LogP contribution in [0.5, 0.6) is 0 Å². The van der Waals surface area contributed by atoms with Crippen LogP contribution in [0.1, 0.15) is 31.9 Å². The number of benzene rings is 2. The first-order valence-electron chi connectivity index (χ1n) is 10.5. The van der Waals surface area contributed by atoms with Gasteiger partial charge in [0, 0.05) is 24.0 Å². The third-order valence-electron chi connectivity index (χ3n) is 4.67. The minimum absolute atomic E-state index is 0.0615. The topological polar surface area (TPSA) is 142 Å². The highest BCUT2D eigenvalue weighted by Crippen LogP contribution is 2.34. The summed E-state index contributed by atoms with van der Waals surface area (Å²) in [5.41, 5.74) is 4.29. The maximum atomic E-state index is 9.40. The molecule has 0 aliphatic carbocycles. The number of carbonyl (C=O) groups excluding carboxylic acids is 4. The van der Waals surface area contributed by atoms with E-state index in [1.165, 1.54) is 0 Å². The Balaban J connectivity index is 0. The van der Waals surface area contributed by atoms with Crippen molar-refractivity contribution in [2.24, 2.45) is 0 Å². The molecule has 2 aromatic rings. The van der Waals surface area contributed by atoms with Crippen molar-refractivity contribution in [3.63, 3.8) is 0 Å². The van der Waals surface area contributed by atoms with Gasteiger partial charge in [-0.3, -0.25) is 0 Å². The molecule has 0 unspecified atom stereocenters. The van der Waals surface area contributed by atoms with E-state index in [1.807, 2.05) is 26.8 Å². The fourth-order valence-corrected chi connectivity index (χ4v) is 2.90. The molecule has 0 spiro atoms. The van der Waals surface area contributed by atoms with Crippen molar-refractivity contribution in [2.45, 2.75) is 52.9 Å². The summed E-state index contributed by atoms with van der Waals surface area (Å²) in [7, 11) is 0. The van der Waals surface area contributed by atoms with Gasteiger partial charge in [-0.2, -0.15) is 19.2 Å². The molecule has 12 heteroatoms. The van der Waals surface area contributed by atoms with E-state index in [2.05, 4.69) is 20.3 Å². The lowest BCUT2D eigenvalue weighted by atomic mass is 10.1. The monoisotopic (exact) mass is 550 g/mol. The zero-order valence-corrected chi connectivity index (χ0v) is 22.4. The van der Waals surface area contributed by atoms with E-state index < -0.39 is 12.2 Å². The van der Waals surface area contributed by atoms with Crippen LogP contribution in [-0.4, -0.2) is 47.3 Å². The first-order valence-corrected chi connectivity index (χ1v) is 11.3.